The average molecular weight is 335 g/mol. The standard InChI is InChI=1S/C20H30O2S/c1-6-13-7-8-16(23-13)12(2)21-17-11-14-15-9-10-20(5,18(14)22-17)19(15,3)4/h7-8,12,14-15,17-18H,6,9-11H2,1-5H3/t12-,14-,15+,17-,18-,20-/m0/s1. The van der Waals surface area contributed by atoms with Crippen LogP contribution in [0, 0.1) is 22.7 Å². The Balaban J connectivity index is 1.44. The van der Waals surface area contributed by atoms with Crippen molar-refractivity contribution in [2.45, 2.75) is 78.8 Å². The summed E-state index contributed by atoms with van der Waals surface area (Å²) in [5.41, 5.74) is 0.755. The van der Waals surface area contributed by atoms with Gasteiger partial charge < -0.3 is 9.47 Å². The third kappa shape index (κ3) is 2.19. The van der Waals surface area contributed by atoms with Gasteiger partial charge in [-0.3, -0.25) is 0 Å². The van der Waals surface area contributed by atoms with E-state index in [9.17, 15) is 0 Å². The van der Waals surface area contributed by atoms with Crippen LogP contribution in [-0.4, -0.2) is 12.4 Å². The van der Waals surface area contributed by atoms with E-state index in [1.165, 1.54) is 22.6 Å². The summed E-state index contributed by atoms with van der Waals surface area (Å²) in [7, 11) is 0. The van der Waals surface area contributed by atoms with Gasteiger partial charge in [-0.25, -0.2) is 0 Å². The highest BCUT2D eigenvalue weighted by Crippen LogP contribution is 2.71. The van der Waals surface area contributed by atoms with Gasteiger partial charge in [0.25, 0.3) is 0 Å². The van der Waals surface area contributed by atoms with E-state index in [0.717, 1.165) is 18.8 Å². The molecular weight excluding hydrogens is 304 g/mol. The van der Waals surface area contributed by atoms with Crippen molar-refractivity contribution >= 4 is 11.3 Å². The van der Waals surface area contributed by atoms with Crippen LogP contribution < -0.4 is 0 Å². The Bertz CT molecular complexity index is 592. The molecule has 23 heavy (non-hydrogen) atoms. The van der Waals surface area contributed by atoms with E-state index in [4.69, 9.17) is 9.47 Å². The fourth-order valence-corrected chi connectivity index (χ4v) is 6.61. The van der Waals surface area contributed by atoms with Gasteiger partial charge >= 0.3 is 0 Å². The van der Waals surface area contributed by atoms with Crippen molar-refractivity contribution in [2.24, 2.45) is 22.7 Å². The highest BCUT2D eigenvalue weighted by atomic mass is 32.1. The zero-order chi connectivity index (χ0) is 16.4. The molecule has 3 fully saturated rings. The molecule has 0 amide bonds. The number of fused-ring (bicyclic) bond motifs is 5. The fourth-order valence-electron chi connectivity index (χ4n) is 5.67. The summed E-state index contributed by atoms with van der Waals surface area (Å²) in [6.07, 6.45) is 5.43. The lowest BCUT2D eigenvalue weighted by atomic mass is 9.70. The zero-order valence-electron chi connectivity index (χ0n) is 15.1. The topological polar surface area (TPSA) is 18.5 Å². The molecule has 0 spiro atoms. The Kier molecular flexibility index (Phi) is 3.72. The number of hydrogen-bond acceptors (Lipinski definition) is 3. The van der Waals surface area contributed by atoms with Gasteiger partial charge in [0.2, 0.25) is 0 Å². The van der Waals surface area contributed by atoms with E-state index in [1.54, 1.807) is 0 Å². The molecule has 1 saturated heterocycles. The Morgan fingerprint density at radius 2 is 2.13 bits per heavy atom. The second kappa shape index (κ2) is 5.31. The first-order chi connectivity index (χ1) is 10.9. The van der Waals surface area contributed by atoms with Crippen LogP contribution in [0.4, 0.5) is 0 Å². The minimum absolute atomic E-state index is 0.0109. The Hall–Kier alpha value is -0.380. The molecule has 3 heteroatoms. The van der Waals surface area contributed by atoms with Crippen molar-refractivity contribution in [1.82, 2.24) is 0 Å². The summed E-state index contributed by atoms with van der Waals surface area (Å²) < 4.78 is 12.8. The molecule has 2 bridgehead atoms. The lowest BCUT2D eigenvalue weighted by molar-refractivity contribution is -0.183. The molecule has 2 aliphatic carbocycles. The molecule has 2 saturated carbocycles. The molecular formula is C20H30O2S. The van der Waals surface area contributed by atoms with Crippen molar-refractivity contribution in [3.63, 3.8) is 0 Å². The molecule has 1 aromatic heterocycles. The molecule has 0 aromatic carbocycles. The van der Waals surface area contributed by atoms with Crippen LogP contribution in [0.5, 0.6) is 0 Å². The predicted molar refractivity (Wildman–Crippen MR) is 94.6 cm³/mol. The molecule has 1 aromatic rings. The first-order valence-corrected chi connectivity index (χ1v) is 10.1. The Morgan fingerprint density at radius 3 is 2.78 bits per heavy atom. The number of thiophene rings is 1. The van der Waals surface area contributed by atoms with E-state index in [1.807, 2.05) is 11.3 Å². The third-order valence-corrected chi connectivity index (χ3v) is 8.85. The fraction of sp³-hybridized carbons (Fsp3) is 0.800. The van der Waals surface area contributed by atoms with Gasteiger partial charge in [-0.05, 0) is 61.0 Å². The highest BCUT2D eigenvalue weighted by molar-refractivity contribution is 7.12. The number of rotatable bonds is 4. The summed E-state index contributed by atoms with van der Waals surface area (Å²) in [6.45, 7) is 11.8. The van der Waals surface area contributed by atoms with Gasteiger partial charge in [-0.15, -0.1) is 11.3 Å². The van der Waals surface area contributed by atoms with Crippen molar-refractivity contribution in [3.8, 4) is 0 Å². The van der Waals surface area contributed by atoms with Gasteiger partial charge in [0.1, 0.15) is 0 Å². The molecule has 0 radical (unpaired) electrons. The molecule has 4 rings (SSSR count). The second-order valence-electron chi connectivity index (χ2n) is 8.61. The minimum Gasteiger partial charge on any atom is -0.349 e. The summed E-state index contributed by atoms with van der Waals surface area (Å²) >= 11 is 1.88. The van der Waals surface area contributed by atoms with E-state index in [0.29, 0.717) is 22.9 Å². The van der Waals surface area contributed by atoms with Crippen molar-refractivity contribution in [3.05, 3.63) is 21.9 Å². The van der Waals surface area contributed by atoms with Crippen molar-refractivity contribution < 1.29 is 9.47 Å². The molecule has 6 atom stereocenters. The first-order valence-electron chi connectivity index (χ1n) is 9.26. The van der Waals surface area contributed by atoms with Crippen molar-refractivity contribution in [2.75, 3.05) is 0 Å². The highest BCUT2D eigenvalue weighted by Gasteiger charge is 2.69. The number of aryl methyl sites for hydroxylation is 1. The molecule has 1 aliphatic heterocycles. The molecule has 2 heterocycles. The number of hydrogen-bond donors (Lipinski definition) is 0. The van der Waals surface area contributed by atoms with Crippen LogP contribution >= 0.6 is 11.3 Å². The van der Waals surface area contributed by atoms with Crippen LogP contribution in [0.15, 0.2) is 12.1 Å². The minimum atomic E-state index is -0.0109. The summed E-state index contributed by atoms with van der Waals surface area (Å²) in [5, 5.41) is 0. The van der Waals surface area contributed by atoms with E-state index in [-0.39, 0.29) is 12.4 Å². The van der Waals surface area contributed by atoms with Gasteiger partial charge in [0.05, 0.1) is 12.2 Å². The summed E-state index contributed by atoms with van der Waals surface area (Å²) in [5.74, 6) is 1.52. The molecule has 2 nitrogen and oxygen atoms in total. The lowest BCUT2D eigenvalue weighted by Gasteiger charge is -2.38. The van der Waals surface area contributed by atoms with E-state index in [2.05, 4.69) is 46.8 Å². The van der Waals surface area contributed by atoms with Crippen LogP contribution in [0.25, 0.3) is 0 Å². The second-order valence-corrected chi connectivity index (χ2v) is 9.81. The maximum atomic E-state index is 6.47. The van der Waals surface area contributed by atoms with Crippen molar-refractivity contribution in [1.29, 1.82) is 0 Å². The average Bonchev–Trinajstić information content (AvgIpc) is 3.20. The molecule has 0 N–H and O–H groups in total. The maximum absolute atomic E-state index is 6.47. The quantitative estimate of drug-likeness (QED) is 0.716. The summed E-state index contributed by atoms with van der Waals surface area (Å²) in [4.78, 5) is 2.77. The van der Waals surface area contributed by atoms with Gasteiger partial charge in [0, 0.05) is 16.2 Å². The van der Waals surface area contributed by atoms with Gasteiger partial charge in [-0.2, -0.15) is 0 Å². The van der Waals surface area contributed by atoms with Gasteiger partial charge in [-0.1, -0.05) is 27.7 Å². The SMILES string of the molecule is CCc1ccc([C@H](C)O[C@@H]2C[C@H]3[C@H]4CC[C@@](C)([C@H]3O2)C4(C)C)s1. The predicted octanol–water partition coefficient (Wildman–Crippen LogP) is 5.58. The molecule has 0 unspecified atom stereocenters. The maximum Gasteiger partial charge on any atom is 0.159 e. The lowest BCUT2D eigenvalue weighted by Crippen LogP contribution is -2.37. The molecule has 3 aliphatic rings. The van der Waals surface area contributed by atoms with E-state index >= 15 is 0 Å². The van der Waals surface area contributed by atoms with Crippen LogP contribution in [0.3, 0.4) is 0 Å². The largest absolute Gasteiger partial charge is 0.349 e. The van der Waals surface area contributed by atoms with E-state index < -0.39 is 0 Å². The number of ether oxygens (including phenoxy) is 2. The Labute approximate surface area is 144 Å². The zero-order valence-corrected chi connectivity index (χ0v) is 15.9. The monoisotopic (exact) mass is 334 g/mol. The Morgan fingerprint density at radius 1 is 1.35 bits per heavy atom. The van der Waals surface area contributed by atoms with Crippen LogP contribution in [0.1, 0.15) is 69.7 Å². The summed E-state index contributed by atoms with van der Waals surface area (Å²) in [6, 6.07) is 4.45. The van der Waals surface area contributed by atoms with Crippen LogP contribution in [0.2, 0.25) is 0 Å². The molecule has 128 valence electrons. The normalized spacial score (nSPS) is 42.1. The van der Waals surface area contributed by atoms with Gasteiger partial charge in [0.15, 0.2) is 6.29 Å². The third-order valence-electron chi connectivity index (χ3n) is 7.46. The van der Waals surface area contributed by atoms with Crippen LogP contribution in [-0.2, 0) is 15.9 Å². The smallest absolute Gasteiger partial charge is 0.159 e. The first kappa shape index (κ1) is 16.1.